The molecule has 2 aromatic carbocycles. The summed E-state index contributed by atoms with van der Waals surface area (Å²) >= 11 is 0. The molecule has 0 bridgehead atoms. The third-order valence-electron chi connectivity index (χ3n) is 5.38. The van der Waals surface area contributed by atoms with Crippen LogP contribution in [0.2, 0.25) is 0 Å². The molecule has 0 aliphatic heterocycles. The normalized spacial score (nSPS) is 11.3. The van der Waals surface area contributed by atoms with Crippen LogP contribution >= 0.6 is 0 Å². The number of nitrogens with one attached hydrogen (secondary N) is 1. The van der Waals surface area contributed by atoms with Crippen molar-refractivity contribution in [3.63, 3.8) is 0 Å². The van der Waals surface area contributed by atoms with E-state index in [-0.39, 0.29) is 23.2 Å². The molecule has 0 heterocycles. The molecule has 192 valence electrons. The molecule has 0 aliphatic rings. The van der Waals surface area contributed by atoms with Crippen LogP contribution in [0.25, 0.3) is 11.1 Å². The second-order valence-corrected chi connectivity index (χ2v) is 10.0. The number of benzene rings is 2. The topological polar surface area (TPSA) is 122 Å². The number of aldehydes is 1. The number of hydrogen-bond acceptors (Lipinski definition) is 6. The quantitative estimate of drug-likeness (QED) is 0.294. The number of sulfonamides is 1. The Hall–Kier alpha value is -3.11. The highest BCUT2D eigenvalue weighted by molar-refractivity contribution is 7.89. The lowest BCUT2D eigenvalue weighted by molar-refractivity contribution is -0.107. The molecule has 0 spiro atoms. The van der Waals surface area contributed by atoms with E-state index in [4.69, 9.17) is 9.47 Å². The van der Waals surface area contributed by atoms with Crippen LogP contribution < -0.4 is 14.2 Å². The van der Waals surface area contributed by atoms with Gasteiger partial charge in [-0.15, -0.1) is 0 Å². The molecule has 0 radical (unpaired) electrons. The number of carbonyl (C=O) groups is 2. The molecule has 0 saturated heterocycles. The minimum atomic E-state index is -3.79. The van der Waals surface area contributed by atoms with Crippen molar-refractivity contribution in [2.75, 3.05) is 27.3 Å². The first kappa shape index (κ1) is 28.1. The van der Waals surface area contributed by atoms with Crippen LogP contribution in [0, 0.1) is 0 Å². The number of amides is 1. The largest absolute Gasteiger partial charge is 0.496 e. The molecule has 9 nitrogen and oxygen atoms in total. The van der Waals surface area contributed by atoms with Crippen molar-refractivity contribution in [3.8, 4) is 22.6 Å². The zero-order chi connectivity index (χ0) is 26.0. The van der Waals surface area contributed by atoms with Gasteiger partial charge in [-0.2, -0.15) is 0 Å². The number of carbonyl (C=O) groups excluding carboxylic acids is 1. The van der Waals surface area contributed by atoms with E-state index in [0.29, 0.717) is 43.5 Å². The Labute approximate surface area is 207 Å². The Morgan fingerprint density at radius 3 is 2.23 bits per heavy atom. The van der Waals surface area contributed by atoms with E-state index in [1.165, 1.54) is 12.0 Å². The minimum absolute atomic E-state index is 0.0379. The van der Waals surface area contributed by atoms with Gasteiger partial charge >= 0.3 is 6.09 Å². The number of nitrogens with zero attached hydrogens (tertiary/aromatic N) is 1. The molecule has 0 saturated carbocycles. The van der Waals surface area contributed by atoms with Gasteiger partial charge in [0.25, 0.3) is 0 Å². The average Bonchev–Trinajstić information content (AvgIpc) is 2.82. The van der Waals surface area contributed by atoms with Gasteiger partial charge in [0.1, 0.15) is 22.7 Å². The predicted octanol–water partition coefficient (Wildman–Crippen LogP) is 3.95. The third-order valence-corrected chi connectivity index (χ3v) is 7.06. The second-order valence-electron chi connectivity index (χ2n) is 8.35. The summed E-state index contributed by atoms with van der Waals surface area (Å²) in [6.45, 7) is 4.09. The summed E-state index contributed by atoms with van der Waals surface area (Å²) < 4.78 is 39.0. The Balaban J connectivity index is 2.34. The number of hydrogen-bond donors (Lipinski definition) is 2. The highest BCUT2D eigenvalue weighted by Gasteiger charge is 2.22. The van der Waals surface area contributed by atoms with Gasteiger partial charge in [0, 0.05) is 25.6 Å². The molecule has 35 heavy (non-hydrogen) atoms. The standard InChI is InChI=1S/C25H34N2O7S/c1-18(2)26-35(31,32)24-17-20(9-11-23(24)34-4)19-8-10-22(33-3)21(16-19)12-14-27(25(29)30)13-6-5-7-15-28/h8-11,15-18,26H,5-7,12-14H2,1-4H3,(H,29,30). The third kappa shape index (κ3) is 7.97. The molecule has 2 aromatic rings. The lowest BCUT2D eigenvalue weighted by Crippen LogP contribution is -2.32. The fourth-order valence-corrected chi connectivity index (χ4v) is 5.13. The molecular weight excluding hydrogens is 472 g/mol. The van der Waals surface area contributed by atoms with Crippen LogP contribution in [0.1, 0.15) is 38.7 Å². The van der Waals surface area contributed by atoms with E-state index in [1.807, 2.05) is 12.1 Å². The fourth-order valence-electron chi connectivity index (χ4n) is 3.68. The molecule has 0 fully saturated rings. The van der Waals surface area contributed by atoms with E-state index >= 15 is 0 Å². The molecule has 2 rings (SSSR count). The Morgan fingerprint density at radius 1 is 1.03 bits per heavy atom. The minimum Gasteiger partial charge on any atom is -0.496 e. The smallest absolute Gasteiger partial charge is 0.407 e. The van der Waals surface area contributed by atoms with Gasteiger partial charge in [0.15, 0.2) is 0 Å². The molecule has 0 aliphatic carbocycles. The molecule has 0 atom stereocenters. The highest BCUT2D eigenvalue weighted by Crippen LogP contribution is 2.32. The van der Waals surface area contributed by atoms with Crippen molar-refractivity contribution >= 4 is 22.4 Å². The summed E-state index contributed by atoms with van der Waals surface area (Å²) in [7, 11) is -0.830. The van der Waals surface area contributed by atoms with Crippen LogP contribution in [-0.2, 0) is 21.2 Å². The van der Waals surface area contributed by atoms with Gasteiger partial charge in [-0.05, 0) is 74.1 Å². The number of ether oxygens (including phenoxy) is 2. The van der Waals surface area contributed by atoms with Crippen molar-refractivity contribution in [2.24, 2.45) is 0 Å². The van der Waals surface area contributed by atoms with Crippen molar-refractivity contribution in [2.45, 2.75) is 50.5 Å². The highest BCUT2D eigenvalue weighted by atomic mass is 32.2. The summed E-state index contributed by atoms with van der Waals surface area (Å²) in [6, 6.07) is 10.1. The molecule has 10 heteroatoms. The zero-order valence-electron chi connectivity index (χ0n) is 20.6. The van der Waals surface area contributed by atoms with E-state index in [1.54, 1.807) is 45.2 Å². The molecule has 0 aromatic heterocycles. The monoisotopic (exact) mass is 506 g/mol. The Morgan fingerprint density at radius 2 is 1.66 bits per heavy atom. The first-order valence-corrected chi connectivity index (χ1v) is 12.9. The lowest BCUT2D eigenvalue weighted by Gasteiger charge is -2.20. The summed E-state index contributed by atoms with van der Waals surface area (Å²) in [6.07, 6.45) is 1.88. The van der Waals surface area contributed by atoms with Crippen LogP contribution in [-0.4, -0.2) is 64.2 Å². The average molecular weight is 507 g/mol. The van der Waals surface area contributed by atoms with Crippen molar-refractivity contribution in [1.82, 2.24) is 9.62 Å². The summed E-state index contributed by atoms with van der Waals surface area (Å²) in [5.74, 6) is 0.852. The Kier molecular flexibility index (Phi) is 10.5. The van der Waals surface area contributed by atoms with Gasteiger partial charge in [0.2, 0.25) is 10.0 Å². The van der Waals surface area contributed by atoms with E-state index in [2.05, 4.69) is 4.72 Å². The van der Waals surface area contributed by atoms with E-state index in [0.717, 1.165) is 17.4 Å². The molecule has 2 N–H and O–H groups in total. The van der Waals surface area contributed by atoms with Crippen molar-refractivity contribution in [1.29, 1.82) is 0 Å². The second kappa shape index (κ2) is 13.1. The van der Waals surface area contributed by atoms with Crippen LogP contribution in [0.3, 0.4) is 0 Å². The van der Waals surface area contributed by atoms with Crippen LogP contribution in [0.15, 0.2) is 41.3 Å². The number of unbranched alkanes of at least 4 members (excludes halogenated alkanes) is 2. The molecule has 1 amide bonds. The fraction of sp³-hybridized carbons (Fsp3) is 0.440. The van der Waals surface area contributed by atoms with Crippen molar-refractivity contribution < 1.29 is 32.6 Å². The van der Waals surface area contributed by atoms with Gasteiger partial charge in [-0.3, -0.25) is 0 Å². The predicted molar refractivity (Wildman–Crippen MR) is 134 cm³/mol. The molecular formula is C25H34N2O7S. The Bertz CT molecular complexity index is 1120. The van der Waals surface area contributed by atoms with Crippen LogP contribution in [0.4, 0.5) is 4.79 Å². The summed E-state index contributed by atoms with van der Waals surface area (Å²) in [5, 5.41) is 9.54. The lowest BCUT2D eigenvalue weighted by atomic mass is 10.0. The van der Waals surface area contributed by atoms with E-state index < -0.39 is 16.1 Å². The van der Waals surface area contributed by atoms with Gasteiger partial charge in [-0.25, -0.2) is 17.9 Å². The SMILES string of the molecule is COc1ccc(-c2ccc(OC)c(S(=O)(=O)NC(C)C)c2)cc1CCN(CCCCC=O)C(=O)O. The van der Waals surface area contributed by atoms with Gasteiger partial charge in [-0.1, -0.05) is 12.1 Å². The maximum absolute atomic E-state index is 12.9. The summed E-state index contributed by atoms with van der Waals surface area (Å²) in [4.78, 5) is 23.5. The maximum atomic E-state index is 12.9. The number of methoxy groups -OCH3 is 2. The van der Waals surface area contributed by atoms with Crippen LogP contribution in [0.5, 0.6) is 11.5 Å². The molecule has 0 unspecified atom stereocenters. The van der Waals surface area contributed by atoms with Gasteiger partial charge in [0.05, 0.1) is 14.2 Å². The number of carboxylic acid groups (broad SMARTS) is 1. The summed E-state index contributed by atoms with van der Waals surface area (Å²) in [5.41, 5.74) is 2.23. The first-order valence-electron chi connectivity index (χ1n) is 11.4. The number of rotatable bonds is 14. The van der Waals surface area contributed by atoms with Gasteiger partial charge < -0.3 is 24.3 Å². The van der Waals surface area contributed by atoms with Crippen molar-refractivity contribution in [3.05, 3.63) is 42.0 Å². The van der Waals surface area contributed by atoms with E-state index in [9.17, 15) is 23.1 Å². The maximum Gasteiger partial charge on any atom is 0.407 e. The first-order chi connectivity index (χ1) is 16.6. The zero-order valence-corrected chi connectivity index (χ0v) is 21.4.